The summed E-state index contributed by atoms with van der Waals surface area (Å²) in [5.41, 5.74) is 0.468. The zero-order valence-electron chi connectivity index (χ0n) is 13.2. The molecule has 1 aromatic carbocycles. The fourth-order valence-electron chi connectivity index (χ4n) is 2.93. The summed E-state index contributed by atoms with van der Waals surface area (Å²) in [6, 6.07) is 3.64. The second kappa shape index (κ2) is 7.66. The van der Waals surface area contributed by atoms with Gasteiger partial charge in [0.1, 0.15) is 0 Å². The van der Waals surface area contributed by atoms with Gasteiger partial charge in [0.15, 0.2) is 24.2 Å². The Kier molecular flexibility index (Phi) is 5.58. The quantitative estimate of drug-likeness (QED) is 0.849. The van der Waals surface area contributed by atoms with Gasteiger partial charge in [0, 0.05) is 11.5 Å². The number of benzene rings is 1. The zero-order chi connectivity index (χ0) is 16.2. The van der Waals surface area contributed by atoms with Crippen molar-refractivity contribution < 1.29 is 27.7 Å². The lowest BCUT2D eigenvalue weighted by Crippen LogP contribution is -2.43. The number of rotatable bonds is 4. The van der Waals surface area contributed by atoms with Crippen LogP contribution in [-0.4, -0.2) is 32.7 Å². The maximum absolute atomic E-state index is 13.3. The first-order valence-electron chi connectivity index (χ1n) is 8.08. The Morgan fingerprint density at radius 1 is 0.957 bits per heavy atom. The number of hydrogen-bond donors (Lipinski definition) is 0. The Balaban J connectivity index is 1.50. The predicted octanol–water partition coefficient (Wildman–Crippen LogP) is 3.42. The smallest absolute Gasteiger partial charge is 0.183 e. The van der Waals surface area contributed by atoms with Gasteiger partial charge in [-0.3, -0.25) is 0 Å². The highest BCUT2D eigenvalue weighted by atomic mass is 19.2. The van der Waals surface area contributed by atoms with Crippen molar-refractivity contribution in [3.63, 3.8) is 0 Å². The number of ether oxygens (including phenoxy) is 4. The van der Waals surface area contributed by atoms with Crippen LogP contribution in [0.25, 0.3) is 0 Å². The van der Waals surface area contributed by atoms with Crippen molar-refractivity contribution in [2.75, 3.05) is 26.4 Å². The maximum Gasteiger partial charge on any atom is 0.183 e. The summed E-state index contributed by atoms with van der Waals surface area (Å²) in [7, 11) is 0. The molecule has 0 bridgehead atoms. The van der Waals surface area contributed by atoms with Gasteiger partial charge < -0.3 is 18.9 Å². The van der Waals surface area contributed by atoms with Crippen molar-refractivity contribution in [2.24, 2.45) is 11.8 Å². The molecule has 0 unspecified atom stereocenters. The summed E-state index contributed by atoms with van der Waals surface area (Å²) in [5, 5.41) is 0. The summed E-state index contributed by atoms with van der Waals surface area (Å²) in [6.45, 7) is 4.33. The molecule has 0 aliphatic carbocycles. The molecule has 2 heterocycles. The Hall–Kier alpha value is -1.08. The summed E-state index contributed by atoms with van der Waals surface area (Å²) in [6.07, 6.45) is 1.21. The Morgan fingerprint density at radius 2 is 1.65 bits per heavy atom. The van der Waals surface area contributed by atoms with Crippen molar-refractivity contribution in [1.82, 2.24) is 0 Å². The lowest BCUT2D eigenvalue weighted by molar-refractivity contribution is -0.283. The van der Waals surface area contributed by atoms with Crippen LogP contribution >= 0.6 is 0 Å². The summed E-state index contributed by atoms with van der Waals surface area (Å²) in [4.78, 5) is 0. The normalized spacial score (nSPS) is 32.0. The maximum atomic E-state index is 13.3. The molecular weight excluding hydrogens is 306 g/mol. The van der Waals surface area contributed by atoms with Crippen LogP contribution in [0.15, 0.2) is 18.2 Å². The lowest BCUT2D eigenvalue weighted by Gasteiger charge is -2.37. The van der Waals surface area contributed by atoms with Crippen LogP contribution in [-0.2, 0) is 18.9 Å². The Morgan fingerprint density at radius 3 is 2.26 bits per heavy atom. The molecule has 4 nitrogen and oxygen atoms in total. The molecule has 0 atom stereocenters. The van der Waals surface area contributed by atoms with E-state index in [0.717, 1.165) is 25.0 Å². The summed E-state index contributed by atoms with van der Waals surface area (Å²) < 4.78 is 49.0. The van der Waals surface area contributed by atoms with E-state index in [2.05, 4.69) is 6.92 Å². The first-order valence-corrected chi connectivity index (χ1v) is 8.08. The van der Waals surface area contributed by atoms with Crippen LogP contribution < -0.4 is 0 Å². The topological polar surface area (TPSA) is 36.9 Å². The zero-order valence-corrected chi connectivity index (χ0v) is 13.2. The molecule has 0 radical (unpaired) electrons. The fraction of sp³-hybridized carbons (Fsp3) is 0.647. The van der Waals surface area contributed by atoms with E-state index in [1.807, 2.05) is 0 Å². The van der Waals surface area contributed by atoms with E-state index >= 15 is 0 Å². The summed E-state index contributed by atoms with van der Waals surface area (Å²) in [5.74, 6) is -1.35. The molecule has 1 aromatic rings. The van der Waals surface area contributed by atoms with Crippen molar-refractivity contribution >= 4 is 0 Å². The molecule has 0 saturated carbocycles. The molecule has 3 rings (SSSR count). The first-order chi connectivity index (χ1) is 11.2. The van der Waals surface area contributed by atoms with Gasteiger partial charge in [-0.2, -0.15) is 0 Å². The van der Waals surface area contributed by atoms with Gasteiger partial charge in [-0.05, 0) is 18.6 Å². The Labute approximate surface area is 134 Å². The van der Waals surface area contributed by atoms with Gasteiger partial charge in [0.05, 0.1) is 32.3 Å². The molecular formula is C17H22F2O4. The molecule has 0 spiro atoms. The van der Waals surface area contributed by atoms with E-state index in [4.69, 9.17) is 18.9 Å². The largest absolute Gasteiger partial charge is 0.352 e. The average molecular weight is 328 g/mol. The van der Waals surface area contributed by atoms with Crippen molar-refractivity contribution in [2.45, 2.75) is 32.3 Å². The monoisotopic (exact) mass is 328 g/mol. The van der Waals surface area contributed by atoms with Gasteiger partial charge in [0.2, 0.25) is 0 Å². The SMILES string of the molecule is CCC[C@H]1CO[C@H]([C@H]2CO[C@H](c3ccc(F)c(F)c3)OC2)OC1. The van der Waals surface area contributed by atoms with Crippen molar-refractivity contribution in [3.05, 3.63) is 35.4 Å². The molecule has 0 amide bonds. The highest BCUT2D eigenvalue weighted by molar-refractivity contribution is 5.19. The molecule has 2 fully saturated rings. The van der Waals surface area contributed by atoms with Gasteiger partial charge in [0.25, 0.3) is 0 Å². The molecule has 6 heteroatoms. The number of hydrogen-bond acceptors (Lipinski definition) is 4. The van der Waals surface area contributed by atoms with E-state index < -0.39 is 17.9 Å². The molecule has 2 aliphatic rings. The highest BCUT2D eigenvalue weighted by Gasteiger charge is 2.34. The minimum Gasteiger partial charge on any atom is -0.352 e. The van der Waals surface area contributed by atoms with Crippen LogP contribution in [0.4, 0.5) is 8.78 Å². The predicted molar refractivity (Wildman–Crippen MR) is 78.6 cm³/mol. The molecule has 23 heavy (non-hydrogen) atoms. The van der Waals surface area contributed by atoms with E-state index in [-0.39, 0.29) is 12.2 Å². The average Bonchev–Trinajstić information content (AvgIpc) is 2.59. The second-order valence-corrected chi connectivity index (χ2v) is 6.12. The minimum absolute atomic E-state index is 0.0147. The number of halogens is 2. The van der Waals surface area contributed by atoms with Gasteiger partial charge in [-0.25, -0.2) is 8.78 Å². The van der Waals surface area contributed by atoms with Crippen LogP contribution in [0.2, 0.25) is 0 Å². The second-order valence-electron chi connectivity index (χ2n) is 6.12. The van der Waals surface area contributed by atoms with Gasteiger partial charge >= 0.3 is 0 Å². The van der Waals surface area contributed by atoms with Crippen molar-refractivity contribution in [1.29, 1.82) is 0 Å². The minimum atomic E-state index is -0.905. The van der Waals surface area contributed by atoms with Crippen LogP contribution in [0.5, 0.6) is 0 Å². The third kappa shape index (κ3) is 4.07. The standard InChI is InChI=1S/C17H22F2O4/c1-2-3-11-7-20-17(21-8-11)13-9-22-16(23-10-13)12-4-5-14(18)15(19)6-12/h4-6,11,13,16-17H,2-3,7-10H2,1H3/t11-,13-,16-,17-. The fourth-order valence-corrected chi connectivity index (χ4v) is 2.93. The first kappa shape index (κ1) is 16.8. The molecule has 2 saturated heterocycles. The van der Waals surface area contributed by atoms with E-state index in [0.29, 0.717) is 37.9 Å². The third-order valence-corrected chi connectivity index (χ3v) is 4.21. The molecule has 0 N–H and O–H groups in total. The lowest BCUT2D eigenvalue weighted by atomic mass is 10.0. The molecule has 2 aliphatic heterocycles. The van der Waals surface area contributed by atoms with Gasteiger partial charge in [-0.15, -0.1) is 0 Å². The van der Waals surface area contributed by atoms with Crippen LogP contribution in [0, 0.1) is 23.5 Å². The molecule has 128 valence electrons. The van der Waals surface area contributed by atoms with Crippen molar-refractivity contribution in [3.8, 4) is 0 Å². The van der Waals surface area contributed by atoms with Crippen LogP contribution in [0.1, 0.15) is 31.6 Å². The summed E-state index contributed by atoms with van der Waals surface area (Å²) >= 11 is 0. The highest BCUT2D eigenvalue weighted by Crippen LogP contribution is 2.30. The Bertz CT molecular complexity index is 509. The van der Waals surface area contributed by atoms with E-state index in [1.54, 1.807) is 0 Å². The van der Waals surface area contributed by atoms with E-state index in [1.165, 1.54) is 6.07 Å². The molecule has 0 aromatic heterocycles. The third-order valence-electron chi connectivity index (χ3n) is 4.21. The van der Waals surface area contributed by atoms with Gasteiger partial charge in [-0.1, -0.05) is 19.4 Å². The van der Waals surface area contributed by atoms with E-state index in [9.17, 15) is 8.78 Å². The van der Waals surface area contributed by atoms with Crippen LogP contribution in [0.3, 0.4) is 0 Å².